The standard InChI is InChI=1S/C6H7ClN2O2/c1-4(7)3-9-6(11)2-5(10)8-9/h1-3H2,(H,8,10). The maximum absolute atomic E-state index is 10.9. The quantitative estimate of drug-likeness (QED) is 0.600. The van der Waals surface area contributed by atoms with Crippen LogP contribution in [0.5, 0.6) is 0 Å². The van der Waals surface area contributed by atoms with Crippen LogP contribution in [-0.2, 0) is 9.59 Å². The van der Waals surface area contributed by atoms with Crippen LogP contribution in [0.1, 0.15) is 6.42 Å². The third kappa shape index (κ3) is 1.94. The van der Waals surface area contributed by atoms with Gasteiger partial charge in [0.1, 0.15) is 6.42 Å². The first-order valence-corrected chi connectivity index (χ1v) is 3.40. The highest BCUT2D eigenvalue weighted by atomic mass is 35.5. The molecule has 1 saturated heterocycles. The molecule has 4 nitrogen and oxygen atoms in total. The molecule has 1 fully saturated rings. The van der Waals surface area contributed by atoms with Crippen LogP contribution in [0.4, 0.5) is 0 Å². The summed E-state index contributed by atoms with van der Waals surface area (Å²) in [5.41, 5.74) is 2.33. The number of nitrogens with zero attached hydrogens (tertiary/aromatic N) is 1. The van der Waals surface area contributed by atoms with Crippen molar-refractivity contribution in [3.05, 3.63) is 11.6 Å². The molecule has 0 aromatic carbocycles. The Kier molecular flexibility index (Phi) is 2.14. The molecular weight excluding hydrogens is 168 g/mol. The second kappa shape index (κ2) is 2.92. The minimum absolute atomic E-state index is 0.0931. The molecule has 0 aromatic rings. The van der Waals surface area contributed by atoms with Gasteiger partial charge in [0.2, 0.25) is 5.91 Å². The van der Waals surface area contributed by atoms with Gasteiger partial charge in [0, 0.05) is 5.03 Å². The number of hydrazine groups is 1. The number of rotatable bonds is 2. The van der Waals surface area contributed by atoms with E-state index in [9.17, 15) is 9.59 Å². The highest BCUT2D eigenvalue weighted by Crippen LogP contribution is 2.05. The third-order valence-electron chi connectivity index (χ3n) is 1.20. The number of amides is 2. The molecule has 2 amide bonds. The first-order chi connectivity index (χ1) is 5.09. The Morgan fingerprint density at radius 1 is 1.73 bits per heavy atom. The van der Waals surface area contributed by atoms with Crippen molar-refractivity contribution in [2.24, 2.45) is 0 Å². The summed E-state index contributed by atoms with van der Waals surface area (Å²) < 4.78 is 0. The molecule has 0 bridgehead atoms. The van der Waals surface area contributed by atoms with Crippen LogP contribution >= 0.6 is 11.6 Å². The van der Waals surface area contributed by atoms with Crippen molar-refractivity contribution in [2.75, 3.05) is 6.54 Å². The van der Waals surface area contributed by atoms with Crippen LogP contribution in [0.15, 0.2) is 11.6 Å². The molecule has 1 heterocycles. The first kappa shape index (κ1) is 8.07. The minimum atomic E-state index is -0.298. The zero-order valence-corrected chi connectivity index (χ0v) is 6.52. The summed E-state index contributed by atoms with van der Waals surface area (Å²) in [6.07, 6.45) is -0.0931. The number of hydrogen-bond donors (Lipinski definition) is 1. The van der Waals surface area contributed by atoms with Crippen molar-refractivity contribution in [3.63, 3.8) is 0 Å². The molecule has 11 heavy (non-hydrogen) atoms. The molecule has 1 N–H and O–H groups in total. The molecule has 5 heteroatoms. The molecule has 1 aliphatic heterocycles. The summed E-state index contributed by atoms with van der Waals surface area (Å²) >= 11 is 5.43. The summed E-state index contributed by atoms with van der Waals surface area (Å²) in [5, 5.41) is 1.47. The predicted molar refractivity (Wildman–Crippen MR) is 39.5 cm³/mol. The average molecular weight is 175 g/mol. The first-order valence-electron chi connectivity index (χ1n) is 3.02. The molecular formula is C6H7ClN2O2. The highest BCUT2D eigenvalue weighted by Gasteiger charge is 2.26. The van der Waals surface area contributed by atoms with Crippen molar-refractivity contribution in [2.45, 2.75) is 6.42 Å². The normalized spacial score (nSPS) is 17.0. The minimum Gasteiger partial charge on any atom is -0.273 e. The molecule has 0 aromatic heterocycles. The van der Waals surface area contributed by atoms with Crippen molar-refractivity contribution in [3.8, 4) is 0 Å². The van der Waals surface area contributed by atoms with E-state index in [0.29, 0.717) is 5.03 Å². The van der Waals surface area contributed by atoms with Gasteiger partial charge in [-0.1, -0.05) is 18.2 Å². The van der Waals surface area contributed by atoms with Crippen molar-refractivity contribution in [1.82, 2.24) is 10.4 Å². The number of carbonyl (C=O) groups is 2. The van der Waals surface area contributed by atoms with Crippen LogP contribution in [0, 0.1) is 0 Å². The van der Waals surface area contributed by atoms with Gasteiger partial charge in [0.05, 0.1) is 6.54 Å². The summed E-state index contributed by atoms with van der Waals surface area (Å²) in [7, 11) is 0. The Bertz CT molecular complexity index is 227. The van der Waals surface area contributed by atoms with E-state index in [1.165, 1.54) is 0 Å². The van der Waals surface area contributed by atoms with Crippen molar-refractivity contribution >= 4 is 23.4 Å². The fourth-order valence-corrected chi connectivity index (χ4v) is 0.904. The van der Waals surface area contributed by atoms with E-state index in [0.717, 1.165) is 5.01 Å². The summed E-state index contributed by atoms with van der Waals surface area (Å²) in [5.74, 6) is -0.565. The molecule has 0 spiro atoms. The Hall–Kier alpha value is -1.03. The molecule has 0 radical (unpaired) electrons. The predicted octanol–water partition coefficient (Wildman–Crippen LogP) is 0.00240. The maximum atomic E-state index is 10.9. The summed E-state index contributed by atoms with van der Waals surface area (Å²) in [6, 6.07) is 0. The van der Waals surface area contributed by atoms with Gasteiger partial charge < -0.3 is 0 Å². The van der Waals surface area contributed by atoms with Gasteiger partial charge in [-0.15, -0.1) is 0 Å². The molecule has 0 aliphatic carbocycles. The monoisotopic (exact) mass is 174 g/mol. The van der Waals surface area contributed by atoms with E-state index in [2.05, 4.69) is 12.0 Å². The molecule has 0 saturated carbocycles. The van der Waals surface area contributed by atoms with Crippen LogP contribution in [0.2, 0.25) is 0 Å². The lowest BCUT2D eigenvalue weighted by Crippen LogP contribution is -2.36. The number of halogens is 1. The largest absolute Gasteiger partial charge is 0.273 e. The van der Waals surface area contributed by atoms with Crippen molar-refractivity contribution in [1.29, 1.82) is 0 Å². The second-order valence-electron chi connectivity index (χ2n) is 2.21. The zero-order chi connectivity index (χ0) is 8.43. The molecule has 0 atom stereocenters. The fraction of sp³-hybridized carbons (Fsp3) is 0.333. The number of hydrogen-bond acceptors (Lipinski definition) is 2. The lowest BCUT2D eigenvalue weighted by Gasteiger charge is -2.12. The topological polar surface area (TPSA) is 49.4 Å². The van der Waals surface area contributed by atoms with Gasteiger partial charge in [-0.05, 0) is 0 Å². The smallest absolute Gasteiger partial charge is 0.250 e. The van der Waals surface area contributed by atoms with Crippen LogP contribution in [0.25, 0.3) is 0 Å². The van der Waals surface area contributed by atoms with E-state index in [1.807, 2.05) is 0 Å². The zero-order valence-electron chi connectivity index (χ0n) is 5.76. The maximum Gasteiger partial charge on any atom is 0.250 e. The SMILES string of the molecule is C=C(Cl)CN1NC(=O)CC1=O. The second-order valence-corrected chi connectivity index (χ2v) is 2.74. The molecule has 0 unspecified atom stereocenters. The number of carbonyl (C=O) groups excluding carboxylic acids is 2. The lowest BCUT2D eigenvalue weighted by molar-refractivity contribution is -0.129. The van der Waals surface area contributed by atoms with Gasteiger partial charge in [-0.2, -0.15) is 0 Å². The molecule has 60 valence electrons. The molecule has 1 aliphatic rings. The van der Waals surface area contributed by atoms with Gasteiger partial charge in [0.15, 0.2) is 0 Å². The lowest BCUT2D eigenvalue weighted by atomic mass is 10.4. The highest BCUT2D eigenvalue weighted by molar-refractivity contribution is 6.29. The van der Waals surface area contributed by atoms with Crippen LogP contribution < -0.4 is 5.43 Å². The summed E-state index contributed by atoms with van der Waals surface area (Å²) in [6.45, 7) is 3.57. The van der Waals surface area contributed by atoms with Gasteiger partial charge in [-0.3, -0.25) is 15.0 Å². The fourth-order valence-electron chi connectivity index (χ4n) is 0.784. The van der Waals surface area contributed by atoms with Gasteiger partial charge >= 0.3 is 0 Å². The summed E-state index contributed by atoms with van der Waals surface area (Å²) in [4.78, 5) is 21.5. The van der Waals surface area contributed by atoms with E-state index < -0.39 is 0 Å². The Balaban J connectivity index is 2.53. The van der Waals surface area contributed by atoms with Crippen LogP contribution in [-0.4, -0.2) is 23.4 Å². The Morgan fingerprint density at radius 3 is 2.73 bits per heavy atom. The number of nitrogens with one attached hydrogen (secondary N) is 1. The van der Waals surface area contributed by atoms with Gasteiger partial charge in [-0.25, -0.2) is 5.01 Å². The van der Waals surface area contributed by atoms with E-state index in [-0.39, 0.29) is 24.8 Å². The third-order valence-corrected chi connectivity index (χ3v) is 1.32. The van der Waals surface area contributed by atoms with Crippen LogP contribution in [0.3, 0.4) is 0 Å². The molecule has 1 rings (SSSR count). The van der Waals surface area contributed by atoms with Crippen molar-refractivity contribution < 1.29 is 9.59 Å². The Labute approximate surface area is 68.8 Å². The Morgan fingerprint density at radius 2 is 2.36 bits per heavy atom. The van der Waals surface area contributed by atoms with E-state index >= 15 is 0 Å². The average Bonchev–Trinajstić information content (AvgIpc) is 2.09. The van der Waals surface area contributed by atoms with E-state index in [1.54, 1.807) is 0 Å². The van der Waals surface area contributed by atoms with E-state index in [4.69, 9.17) is 11.6 Å². The van der Waals surface area contributed by atoms with Gasteiger partial charge in [0.25, 0.3) is 5.91 Å².